The molecule has 0 aromatic heterocycles. The lowest BCUT2D eigenvalue weighted by molar-refractivity contribution is 0.101. The van der Waals surface area contributed by atoms with Gasteiger partial charge in [0.1, 0.15) is 18.5 Å². The molecule has 0 radical (unpaired) electrons. The maximum absolute atomic E-state index is 11.3. The molecule has 0 saturated carbocycles. The van der Waals surface area contributed by atoms with Gasteiger partial charge in [-0.2, -0.15) is 0 Å². The van der Waals surface area contributed by atoms with E-state index in [0.29, 0.717) is 11.3 Å². The van der Waals surface area contributed by atoms with Crippen molar-refractivity contribution < 1.29 is 14.6 Å². The Hall–Kier alpha value is -1.65. The van der Waals surface area contributed by atoms with E-state index in [1.807, 2.05) is 24.3 Å². The lowest BCUT2D eigenvalue weighted by atomic mass is 10.1. The molecule has 0 aliphatic carbocycles. The lowest BCUT2D eigenvalue weighted by Gasteiger charge is -2.14. The molecule has 4 heteroatoms. The van der Waals surface area contributed by atoms with Gasteiger partial charge >= 0.3 is 0 Å². The van der Waals surface area contributed by atoms with Gasteiger partial charge in [0.05, 0.1) is 0 Å². The van der Waals surface area contributed by atoms with Crippen molar-refractivity contribution in [2.24, 2.45) is 0 Å². The highest BCUT2D eigenvalue weighted by atomic mass is 79.9. The van der Waals surface area contributed by atoms with Gasteiger partial charge in [-0.15, -0.1) is 0 Å². The van der Waals surface area contributed by atoms with E-state index in [0.717, 1.165) is 10.0 Å². The summed E-state index contributed by atoms with van der Waals surface area (Å²) in [6, 6.07) is 14.4. The predicted molar refractivity (Wildman–Crippen MR) is 81.0 cm³/mol. The summed E-state index contributed by atoms with van der Waals surface area (Å²) in [4.78, 5) is 11.3. The molecule has 0 aliphatic heterocycles. The van der Waals surface area contributed by atoms with Crippen LogP contribution in [0.1, 0.15) is 28.9 Å². The van der Waals surface area contributed by atoms with E-state index in [9.17, 15) is 9.90 Å². The number of hydrogen-bond acceptors (Lipinski definition) is 3. The maximum atomic E-state index is 11.3. The quantitative estimate of drug-likeness (QED) is 0.846. The Kier molecular flexibility index (Phi) is 4.93. The molecule has 0 aliphatic rings. The molecule has 2 rings (SSSR count). The number of benzene rings is 2. The predicted octanol–water partition coefficient (Wildman–Crippen LogP) is 3.76. The third-order valence-corrected chi connectivity index (χ3v) is 3.63. The topological polar surface area (TPSA) is 46.5 Å². The summed E-state index contributed by atoms with van der Waals surface area (Å²) < 4.78 is 6.39. The molecule has 0 heterocycles. The molecule has 20 heavy (non-hydrogen) atoms. The number of rotatable bonds is 5. The van der Waals surface area contributed by atoms with Gasteiger partial charge in [0.2, 0.25) is 0 Å². The highest BCUT2D eigenvalue weighted by Gasteiger charge is 2.11. The minimum absolute atomic E-state index is 0.0122. The molecule has 0 amide bonds. The molecule has 0 saturated heterocycles. The van der Waals surface area contributed by atoms with Crippen molar-refractivity contribution in [1.29, 1.82) is 0 Å². The number of halogens is 1. The summed E-state index contributed by atoms with van der Waals surface area (Å²) >= 11 is 3.39. The number of aliphatic hydroxyl groups is 1. The monoisotopic (exact) mass is 334 g/mol. The highest BCUT2D eigenvalue weighted by Crippen LogP contribution is 2.24. The van der Waals surface area contributed by atoms with Gasteiger partial charge in [0, 0.05) is 10.0 Å². The summed E-state index contributed by atoms with van der Waals surface area (Å²) in [5.41, 5.74) is 1.37. The maximum Gasteiger partial charge on any atom is 0.159 e. The number of carbonyl (C=O) groups excluding carboxylic acids is 1. The summed E-state index contributed by atoms with van der Waals surface area (Å²) in [6.07, 6.45) is -0.730. The van der Waals surface area contributed by atoms with E-state index >= 15 is 0 Å². The molecule has 1 atom stereocenters. The fraction of sp³-hybridized carbons (Fsp3) is 0.188. The average molecular weight is 335 g/mol. The molecule has 2 aromatic carbocycles. The van der Waals surface area contributed by atoms with Gasteiger partial charge in [-0.25, -0.2) is 0 Å². The van der Waals surface area contributed by atoms with Crippen molar-refractivity contribution >= 4 is 21.7 Å². The van der Waals surface area contributed by atoms with E-state index < -0.39 is 6.10 Å². The van der Waals surface area contributed by atoms with Crippen molar-refractivity contribution in [3.8, 4) is 5.75 Å². The Morgan fingerprint density at radius 3 is 2.70 bits per heavy atom. The largest absolute Gasteiger partial charge is 0.491 e. The van der Waals surface area contributed by atoms with Crippen LogP contribution in [-0.4, -0.2) is 17.5 Å². The zero-order chi connectivity index (χ0) is 14.5. The van der Waals surface area contributed by atoms with Gasteiger partial charge in [0.25, 0.3) is 0 Å². The third kappa shape index (κ3) is 3.68. The Morgan fingerprint density at radius 1 is 1.25 bits per heavy atom. The van der Waals surface area contributed by atoms with Crippen molar-refractivity contribution in [1.82, 2.24) is 0 Å². The number of ketones is 1. The van der Waals surface area contributed by atoms with Crippen LogP contribution in [0.25, 0.3) is 0 Å². The highest BCUT2D eigenvalue weighted by molar-refractivity contribution is 9.10. The summed E-state index contributed by atoms with van der Waals surface area (Å²) in [6.45, 7) is 1.64. The molecule has 0 bridgehead atoms. The first-order valence-electron chi connectivity index (χ1n) is 6.24. The van der Waals surface area contributed by atoms with Crippen LogP contribution in [-0.2, 0) is 0 Å². The first-order valence-corrected chi connectivity index (χ1v) is 7.03. The van der Waals surface area contributed by atoms with Crippen molar-refractivity contribution in [2.45, 2.75) is 13.0 Å². The zero-order valence-corrected chi connectivity index (χ0v) is 12.6. The molecule has 2 aromatic rings. The number of ether oxygens (including phenoxy) is 1. The lowest BCUT2D eigenvalue weighted by Crippen LogP contribution is -2.10. The number of hydrogen-bond donors (Lipinski definition) is 1. The zero-order valence-electron chi connectivity index (χ0n) is 11.0. The van der Waals surface area contributed by atoms with E-state index in [4.69, 9.17) is 4.74 Å². The van der Waals surface area contributed by atoms with Gasteiger partial charge in [-0.1, -0.05) is 46.3 Å². The smallest absolute Gasteiger partial charge is 0.159 e. The van der Waals surface area contributed by atoms with E-state index in [1.54, 1.807) is 24.3 Å². The fourth-order valence-electron chi connectivity index (χ4n) is 1.82. The number of Topliss-reactive ketones (excluding diaryl/α,β-unsaturated/α-hetero) is 1. The molecule has 0 spiro atoms. The molecular formula is C16H15BrO3. The molecule has 3 nitrogen and oxygen atoms in total. The van der Waals surface area contributed by atoms with Crippen LogP contribution in [0, 0.1) is 0 Å². The van der Waals surface area contributed by atoms with Gasteiger partial charge in [-0.3, -0.25) is 4.79 Å². The second-order valence-electron chi connectivity index (χ2n) is 4.43. The van der Waals surface area contributed by atoms with Gasteiger partial charge < -0.3 is 9.84 Å². The first-order chi connectivity index (χ1) is 9.58. The number of aliphatic hydroxyl groups excluding tert-OH is 1. The minimum Gasteiger partial charge on any atom is -0.491 e. The van der Waals surface area contributed by atoms with Crippen LogP contribution in [0.2, 0.25) is 0 Å². The van der Waals surface area contributed by atoms with E-state index in [2.05, 4.69) is 15.9 Å². The fourth-order valence-corrected chi connectivity index (χ4v) is 2.36. The SMILES string of the molecule is CC(=O)c1cccc(OCC(O)c2ccccc2Br)c1. The molecule has 104 valence electrons. The first kappa shape index (κ1) is 14.8. The molecular weight excluding hydrogens is 320 g/mol. The third-order valence-electron chi connectivity index (χ3n) is 2.91. The van der Waals surface area contributed by atoms with Crippen LogP contribution >= 0.6 is 15.9 Å². The van der Waals surface area contributed by atoms with Crippen LogP contribution in [0.4, 0.5) is 0 Å². The Morgan fingerprint density at radius 2 is 2.00 bits per heavy atom. The Bertz CT molecular complexity index is 610. The second kappa shape index (κ2) is 6.68. The molecule has 1 N–H and O–H groups in total. The van der Waals surface area contributed by atoms with Gasteiger partial charge in [0.15, 0.2) is 5.78 Å². The van der Waals surface area contributed by atoms with Crippen molar-refractivity contribution in [3.05, 3.63) is 64.1 Å². The van der Waals surface area contributed by atoms with Gasteiger partial charge in [-0.05, 0) is 30.7 Å². The van der Waals surface area contributed by atoms with Crippen molar-refractivity contribution in [2.75, 3.05) is 6.61 Å². The van der Waals surface area contributed by atoms with Crippen LogP contribution in [0.15, 0.2) is 53.0 Å². The van der Waals surface area contributed by atoms with Crippen LogP contribution in [0.3, 0.4) is 0 Å². The van der Waals surface area contributed by atoms with E-state index in [1.165, 1.54) is 6.92 Å². The van der Waals surface area contributed by atoms with Crippen molar-refractivity contribution in [3.63, 3.8) is 0 Å². The molecule has 1 unspecified atom stereocenters. The Balaban J connectivity index is 2.04. The summed E-state index contributed by atoms with van der Waals surface area (Å²) in [7, 11) is 0. The molecule has 0 fully saturated rings. The summed E-state index contributed by atoms with van der Waals surface area (Å²) in [5.74, 6) is 0.561. The number of carbonyl (C=O) groups is 1. The normalized spacial score (nSPS) is 11.9. The summed E-state index contributed by atoms with van der Waals surface area (Å²) in [5, 5.41) is 10.1. The average Bonchev–Trinajstić information content (AvgIpc) is 2.45. The Labute approximate surface area is 126 Å². The second-order valence-corrected chi connectivity index (χ2v) is 5.29. The van der Waals surface area contributed by atoms with Crippen LogP contribution < -0.4 is 4.74 Å². The van der Waals surface area contributed by atoms with E-state index in [-0.39, 0.29) is 12.4 Å². The minimum atomic E-state index is -0.730. The standard InChI is InChI=1S/C16H15BrO3/c1-11(18)12-5-4-6-13(9-12)20-10-16(19)14-7-2-3-8-15(14)17/h2-9,16,19H,10H2,1H3. The van der Waals surface area contributed by atoms with Crippen LogP contribution in [0.5, 0.6) is 5.75 Å².